The molecule has 0 heterocycles. The number of anilines is 1. The molecular weight excluding hydrogens is 314 g/mol. The van der Waals surface area contributed by atoms with E-state index in [2.05, 4.69) is 12.2 Å². The number of amides is 1. The minimum absolute atomic E-state index is 0.00717. The molecule has 1 aliphatic carbocycles. The average molecular weight is 338 g/mol. The Morgan fingerprint density at radius 3 is 2.57 bits per heavy atom. The number of unbranched alkanes of at least 4 members (excludes halogenated alkanes) is 1. The van der Waals surface area contributed by atoms with Crippen molar-refractivity contribution in [2.24, 2.45) is 11.8 Å². The van der Waals surface area contributed by atoms with E-state index < -0.39 is 5.97 Å². The van der Waals surface area contributed by atoms with E-state index in [1.54, 1.807) is 6.07 Å². The van der Waals surface area contributed by atoms with Crippen molar-refractivity contribution in [1.29, 1.82) is 0 Å². The largest absolute Gasteiger partial charge is 0.478 e. The smallest absolute Gasteiger partial charge is 0.337 e. The first kappa shape index (κ1) is 17.8. The molecule has 0 aliphatic heterocycles. The first-order valence-electron chi connectivity index (χ1n) is 8.35. The highest BCUT2D eigenvalue weighted by atomic mass is 35.5. The third kappa shape index (κ3) is 4.96. The van der Waals surface area contributed by atoms with Crippen molar-refractivity contribution in [3.05, 3.63) is 28.8 Å². The summed E-state index contributed by atoms with van der Waals surface area (Å²) in [5, 5.41) is 12.1. The molecule has 0 saturated heterocycles. The molecule has 2 rings (SSSR count). The highest BCUT2D eigenvalue weighted by molar-refractivity contribution is 6.33. The molecule has 126 valence electrons. The SMILES string of the molecule is CCCCC1CCC(C(=O)Nc2ccc(Cl)c(C(=O)O)c2)CC1. The Bertz CT molecular complexity index is 565. The highest BCUT2D eigenvalue weighted by Crippen LogP contribution is 2.32. The van der Waals surface area contributed by atoms with Gasteiger partial charge >= 0.3 is 5.97 Å². The summed E-state index contributed by atoms with van der Waals surface area (Å²) < 4.78 is 0. The quantitative estimate of drug-likeness (QED) is 0.769. The van der Waals surface area contributed by atoms with Crippen molar-refractivity contribution in [2.75, 3.05) is 5.32 Å². The molecular formula is C18H24ClNO3. The average Bonchev–Trinajstić information content (AvgIpc) is 2.54. The van der Waals surface area contributed by atoms with Gasteiger partial charge in [0.05, 0.1) is 10.6 Å². The van der Waals surface area contributed by atoms with Gasteiger partial charge in [0.15, 0.2) is 0 Å². The number of carboxylic acid groups (broad SMARTS) is 1. The van der Waals surface area contributed by atoms with E-state index in [0.29, 0.717) is 5.69 Å². The van der Waals surface area contributed by atoms with Gasteiger partial charge in [-0.15, -0.1) is 0 Å². The second-order valence-corrected chi connectivity index (χ2v) is 6.76. The number of hydrogen-bond donors (Lipinski definition) is 2. The summed E-state index contributed by atoms with van der Waals surface area (Å²) in [6.45, 7) is 2.20. The fourth-order valence-corrected chi connectivity index (χ4v) is 3.42. The minimum atomic E-state index is -1.09. The minimum Gasteiger partial charge on any atom is -0.478 e. The summed E-state index contributed by atoms with van der Waals surface area (Å²) in [5.41, 5.74) is 0.498. The maximum atomic E-state index is 12.4. The Balaban J connectivity index is 1.90. The summed E-state index contributed by atoms with van der Waals surface area (Å²) >= 11 is 5.84. The third-order valence-corrected chi connectivity index (χ3v) is 4.98. The predicted octanol–water partition coefficient (Wildman–Crippen LogP) is 4.97. The molecule has 0 bridgehead atoms. The van der Waals surface area contributed by atoms with Crippen molar-refractivity contribution in [2.45, 2.75) is 51.9 Å². The van der Waals surface area contributed by atoms with Crippen LogP contribution in [0.5, 0.6) is 0 Å². The van der Waals surface area contributed by atoms with Gasteiger partial charge in [-0.3, -0.25) is 4.79 Å². The maximum absolute atomic E-state index is 12.4. The first-order chi connectivity index (χ1) is 11.0. The van der Waals surface area contributed by atoms with Crippen LogP contribution in [0.15, 0.2) is 18.2 Å². The zero-order chi connectivity index (χ0) is 16.8. The normalized spacial score (nSPS) is 21.0. The Morgan fingerprint density at radius 2 is 1.96 bits per heavy atom. The molecule has 1 fully saturated rings. The van der Waals surface area contributed by atoms with E-state index in [1.807, 2.05) is 0 Å². The molecule has 1 aromatic carbocycles. The Hall–Kier alpha value is -1.55. The fourth-order valence-electron chi connectivity index (χ4n) is 3.22. The van der Waals surface area contributed by atoms with Crippen LogP contribution >= 0.6 is 11.6 Å². The summed E-state index contributed by atoms with van der Waals surface area (Å²) in [6.07, 6.45) is 7.81. The molecule has 0 spiro atoms. The molecule has 0 radical (unpaired) electrons. The van der Waals surface area contributed by atoms with Gasteiger partial charge in [0.1, 0.15) is 0 Å². The van der Waals surface area contributed by atoms with E-state index in [1.165, 1.54) is 31.4 Å². The van der Waals surface area contributed by atoms with Crippen molar-refractivity contribution in [3.8, 4) is 0 Å². The molecule has 1 saturated carbocycles. The summed E-state index contributed by atoms with van der Waals surface area (Å²) in [4.78, 5) is 23.4. The summed E-state index contributed by atoms with van der Waals surface area (Å²) in [7, 11) is 0. The van der Waals surface area contributed by atoms with Gasteiger partial charge in [-0.05, 0) is 49.8 Å². The van der Waals surface area contributed by atoms with Crippen LogP contribution in [0.4, 0.5) is 5.69 Å². The fraction of sp³-hybridized carbons (Fsp3) is 0.556. The molecule has 23 heavy (non-hydrogen) atoms. The van der Waals surface area contributed by atoms with Gasteiger partial charge in [-0.1, -0.05) is 37.8 Å². The highest BCUT2D eigenvalue weighted by Gasteiger charge is 2.26. The van der Waals surface area contributed by atoms with Crippen molar-refractivity contribution >= 4 is 29.2 Å². The van der Waals surface area contributed by atoms with Gasteiger partial charge in [0.2, 0.25) is 5.91 Å². The van der Waals surface area contributed by atoms with E-state index in [4.69, 9.17) is 16.7 Å². The summed E-state index contributed by atoms with van der Waals surface area (Å²) in [5.74, 6) is -0.329. The van der Waals surface area contributed by atoms with Gasteiger partial charge in [-0.2, -0.15) is 0 Å². The number of carboxylic acids is 1. The third-order valence-electron chi connectivity index (χ3n) is 4.65. The number of benzene rings is 1. The van der Waals surface area contributed by atoms with Gasteiger partial charge in [0.25, 0.3) is 0 Å². The summed E-state index contributed by atoms with van der Waals surface area (Å²) in [6, 6.07) is 4.55. The van der Waals surface area contributed by atoms with Crippen LogP contribution in [0.2, 0.25) is 5.02 Å². The molecule has 0 aromatic heterocycles. The van der Waals surface area contributed by atoms with Crippen LogP contribution in [-0.4, -0.2) is 17.0 Å². The van der Waals surface area contributed by atoms with Crippen LogP contribution in [0.3, 0.4) is 0 Å². The molecule has 0 atom stereocenters. The Labute approximate surface area is 142 Å². The molecule has 1 aliphatic rings. The standard InChI is InChI=1S/C18H24ClNO3/c1-2-3-4-12-5-7-13(8-6-12)17(21)20-14-9-10-16(19)15(11-14)18(22)23/h9-13H,2-8H2,1H3,(H,20,21)(H,22,23). The number of carbonyl (C=O) groups excluding carboxylic acids is 1. The number of nitrogens with one attached hydrogen (secondary N) is 1. The van der Waals surface area contributed by atoms with Crippen LogP contribution in [0.25, 0.3) is 0 Å². The lowest BCUT2D eigenvalue weighted by atomic mass is 9.79. The molecule has 4 nitrogen and oxygen atoms in total. The van der Waals surface area contributed by atoms with Crippen molar-refractivity contribution in [1.82, 2.24) is 0 Å². The molecule has 2 N–H and O–H groups in total. The van der Waals surface area contributed by atoms with E-state index in [9.17, 15) is 9.59 Å². The lowest BCUT2D eigenvalue weighted by Gasteiger charge is -2.27. The van der Waals surface area contributed by atoms with Gasteiger partial charge in [-0.25, -0.2) is 4.79 Å². The number of carbonyl (C=O) groups is 2. The van der Waals surface area contributed by atoms with Crippen LogP contribution in [0.1, 0.15) is 62.2 Å². The van der Waals surface area contributed by atoms with Gasteiger partial charge in [0, 0.05) is 11.6 Å². The molecule has 1 amide bonds. The van der Waals surface area contributed by atoms with E-state index in [0.717, 1.165) is 31.6 Å². The second kappa shape index (κ2) is 8.34. The Morgan fingerprint density at radius 1 is 1.26 bits per heavy atom. The van der Waals surface area contributed by atoms with E-state index >= 15 is 0 Å². The van der Waals surface area contributed by atoms with Crippen molar-refractivity contribution in [3.63, 3.8) is 0 Å². The Kier molecular flexibility index (Phi) is 6.46. The van der Waals surface area contributed by atoms with Crippen LogP contribution in [-0.2, 0) is 4.79 Å². The zero-order valence-electron chi connectivity index (χ0n) is 13.5. The second-order valence-electron chi connectivity index (χ2n) is 6.35. The molecule has 0 unspecified atom stereocenters. The van der Waals surface area contributed by atoms with Crippen LogP contribution < -0.4 is 5.32 Å². The molecule has 1 aromatic rings. The maximum Gasteiger partial charge on any atom is 0.337 e. The lowest BCUT2D eigenvalue weighted by Crippen LogP contribution is -2.27. The number of halogens is 1. The number of aromatic carboxylic acids is 1. The first-order valence-corrected chi connectivity index (χ1v) is 8.72. The topological polar surface area (TPSA) is 66.4 Å². The zero-order valence-corrected chi connectivity index (χ0v) is 14.2. The number of rotatable bonds is 6. The monoisotopic (exact) mass is 337 g/mol. The lowest BCUT2D eigenvalue weighted by molar-refractivity contribution is -0.121. The van der Waals surface area contributed by atoms with Crippen LogP contribution in [0, 0.1) is 11.8 Å². The predicted molar refractivity (Wildman–Crippen MR) is 92.0 cm³/mol. The van der Waals surface area contributed by atoms with Crippen molar-refractivity contribution < 1.29 is 14.7 Å². The number of hydrogen-bond acceptors (Lipinski definition) is 2. The van der Waals surface area contributed by atoms with Gasteiger partial charge < -0.3 is 10.4 Å². The van der Waals surface area contributed by atoms with E-state index in [-0.39, 0.29) is 22.4 Å². The molecule has 5 heteroatoms.